The predicted molar refractivity (Wildman–Crippen MR) is 85.5 cm³/mol. The molecule has 0 bridgehead atoms. The normalized spacial score (nSPS) is 15.3. The van der Waals surface area contributed by atoms with Crippen molar-refractivity contribution in [2.24, 2.45) is 0 Å². The Kier molecular flexibility index (Phi) is 6.24. The molecule has 21 heavy (non-hydrogen) atoms. The van der Waals surface area contributed by atoms with Crippen molar-refractivity contribution >= 4 is 5.97 Å². The number of carbonyl (C=O) groups excluding carboxylic acids is 1. The Morgan fingerprint density at radius 2 is 2.14 bits per heavy atom. The summed E-state index contributed by atoms with van der Waals surface area (Å²) in [6, 6.07) is 5.95. The standard InChI is InChI=1S/C18H27NO2/c1-3-4-5-6-7-14(2)21-18(20)16-9-8-15-10-11-19-13-17(15)12-16/h8-9,12,14,19H,3-7,10-11,13H2,1-2H3. The lowest BCUT2D eigenvalue weighted by molar-refractivity contribution is 0.0319. The van der Waals surface area contributed by atoms with E-state index in [9.17, 15) is 4.79 Å². The van der Waals surface area contributed by atoms with Gasteiger partial charge in [-0.15, -0.1) is 0 Å². The smallest absolute Gasteiger partial charge is 0.338 e. The Morgan fingerprint density at radius 1 is 1.29 bits per heavy atom. The fourth-order valence-corrected chi connectivity index (χ4v) is 2.78. The first-order valence-corrected chi connectivity index (χ1v) is 8.24. The molecule has 1 aliphatic rings. The van der Waals surface area contributed by atoms with E-state index in [2.05, 4.69) is 18.3 Å². The molecule has 0 aromatic heterocycles. The molecule has 0 saturated carbocycles. The number of carbonyl (C=O) groups is 1. The molecule has 0 saturated heterocycles. The van der Waals surface area contributed by atoms with Gasteiger partial charge >= 0.3 is 5.97 Å². The van der Waals surface area contributed by atoms with Crippen molar-refractivity contribution in [3.63, 3.8) is 0 Å². The number of fused-ring (bicyclic) bond motifs is 1. The largest absolute Gasteiger partial charge is 0.459 e. The second-order valence-corrected chi connectivity index (χ2v) is 5.98. The molecule has 0 spiro atoms. The number of benzene rings is 1. The zero-order valence-electron chi connectivity index (χ0n) is 13.3. The van der Waals surface area contributed by atoms with Crippen LogP contribution in [-0.4, -0.2) is 18.6 Å². The van der Waals surface area contributed by atoms with E-state index >= 15 is 0 Å². The van der Waals surface area contributed by atoms with Crippen molar-refractivity contribution < 1.29 is 9.53 Å². The van der Waals surface area contributed by atoms with Crippen LogP contribution in [0.5, 0.6) is 0 Å². The number of nitrogens with one attached hydrogen (secondary N) is 1. The monoisotopic (exact) mass is 289 g/mol. The van der Waals surface area contributed by atoms with Crippen LogP contribution in [-0.2, 0) is 17.7 Å². The predicted octanol–water partition coefficient (Wildman–Crippen LogP) is 3.85. The highest BCUT2D eigenvalue weighted by Crippen LogP contribution is 2.17. The van der Waals surface area contributed by atoms with Gasteiger partial charge in [0.25, 0.3) is 0 Å². The molecule has 3 nitrogen and oxygen atoms in total. The van der Waals surface area contributed by atoms with E-state index in [4.69, 9.17) is 4.74 Å². The maximum absolute atomic E-state index is 12.2. The molecular formula is C18H27NO2. The summed E-state index contributed by atoms with van der Waals surface area (Å²) in [5.41, 5.74) is 3.25. The average molecular weight is 289 g/mol. The van der Waals surface area contributed by atoms with Crippen LogP contribution >= 0.6 is 0 Å². The Balaban J connectivity index is 1.85. The zero-order chi connectivity index (χ0) is 15.1. The van der Waals surface area contributed by atoms with E-state index in [-0.39, 0.29) is 12.1 Å². The summed E-state index contributed by atoms with van der Waals surface area (Å²) >= 11 is 0. The number of hydrogen-bond acceptors (Lipinski definition) is 3. The first-order valence-electron chi connectivity index (χ1n) is 8.24. The van der Waals surface area contributed by atoms with Crippen molar-refractivity contribution in [2.45, 2.75) is 65.0 Å². The van der Waals surface area contributed by atoms with Crippen LogP contribution in [0.4, 0.5) is 0 Å². The third kappa shape index (κ3) is 4.85. The molecule has 0 fully saturated rings. The van der Waals surface area contributed by atoms with Crippen LogP contribution in [0.3, 0.4) is 0 Å². The highest BCUT2D eigenvalue weighted by molar-refractivity contribution is 5.89. The minimum Gasteiger partial charge on any atom is -0.459 e. The van der Waals surface area contributed by atoms with Crippen molar-refractivity contribution in [3.05, 3.63) is 34.9 Å². The maximum atomic E-state index is 12.2. The van der Waals surface area contributed by atoms with E-state index in [0.29, 0.717) is 5.56 Å². The lowest BCUT2D eigenvalue weighted by Gasteiger charge is -2.18. The molecule has 1 N–H and O–H groups in total. The Hall–Kier alpha value is -1.35. The number of rotatable bonds is 7. The van der Waals surface area contributed by atoms with Crippen molar-refractivity contribution in [1.29, 1.82) is 0 Å². The van der Waals surface area contributed by atoms with Crippen LogP contribution in [0, 0.1) is 0 Å². The number of esters is 1. The number of ether oxygens (including phenoxy) is 1. The van der Waals surface area contributed by atoms with Gasteiger partial charge in [-0.3, -0.25) is 0 Å². The molecule has 1 aromatic rings. The SMILES string of the molecule is CCCCCCC(C)OC(=O)c1ccc2c(c1)CNCC2. The van der Waals surface area contributed by atoms with E-state index < -0.39 is 0 Å². The van der Waals surface area contributed by atoms with Gasteiger partial charge < -0.3 is 10.1 Å². The first-order chi connectivity index (χ1) is 10.2. The molecule has 1 atom stereocenters. The summed E-state index contributed by atoms with van der Waals surface area (Å²) in [7, 11) is 0. The Labute approximate surface area is 128 Å². The van der Waals surface area contributed by atoms with Crippen LogP contribution in [0.15, 0.2) is 18.2 Å². The van der Waals surface area contributed by atoms with Gasteiger partial charge in [0.15, 0.2) is 0 Å². The van der Waals surface area contributed by atoms with Gasteiger partial charge in [-0.05, 0) is 56.0 Å². The first kappa shape index (κ1) is 16.0. The van der Waals surface area contributed by atoms with Crippen molar-refractivity contribution in [3.8, 4) is 0 Å². The molecule has 1 aromatic carbocycles. The summed E-state index contributed by atoms with van der Waals surface area (Å²) in [6.45, 7) is 6.06. The van der Waals surface area contributed by atoms with E-state index in [1.54, 1.807) is 0 Å². The molecular weight excluding hydrogens is 262 g/mol. The minimum atomic E-state index is -0.189. The third-order valence-corrected chi connectivity index (χ3v) is 4.10. The second kappa shape index (κ2) is 8.18. The van der Waals surface area contributed by atoms with E-state index in [0.717, 1.165) is 32.4 Å². The summed E-state index contributed by atoms with van der Waals surface area (Å²) in [6.07, 6.45) is 6.86. The quantitative estimate of drug-likeness (QED) is 0.612. The molecule has 1 aliphatic heterocycles. The van der Waals surface area contributed by atoms with Gasteiger partial charge in [0, 0.05) is 6.54 Å². The van der Waals surface area contributed by atoms with Gasteiger partial charge in [0.2, 0.25) is 0 Å². The maximum Gasteiger partial charge on any atom is 0.338 e. The second-order valence-electron chi connectivity index (χ2n) is 5.98. The van der Waals surface area contributed by atoms with Gasteiger partial charge in [0.1, 0.15) is 0 Å². The van der Waals surface area contributed by atoms with Gasteiger partial charge in [-0.25, -0.2) is 4.79 Å². The van der Waals surface area contributed by atoms with Gasteiger partial charge in [0.05, 0.1) is 11.7 Å². The Morgan fingerprint density at radius 3 is 2.95 bits per heavy atom. The van der Waals surface area contributed by atoms with Crippen LogP contribution < -0.4 is 5.32 Å². The van der Waals surface area contributed by atoms with Gasteiger partial charge in [-0.2, -0.15) is 0 Å². The lowest BCUT2D eigenvalue weighted by atomic mass is 9.98. The van der Waals surface area contributed by atoms with E-state index in [1.807, 2.05) is 19.1 Å². The third-order valence-electron chi connectivity index (χ3n) is 4.10. The van der Waals surface area contributed by atoms with Gasteiger partial charge in [-0.1, -0.05) is 32.3 Å². The van der Waals surface area contributed by atoms with Crippen molar-refractivity contribution in [1.82, 2.24) is 5.32 Å². The van der Waals surface area contributed by atoms with Crippen LogP contribution in [0.25, 0.3) is 0 Å². The minimum absolute atomic E-state index is 0.00325. The molecule has 0 aliphatic carbocycles. The zero-order valence-corrected chi connectivity index (χ0v) is 13.3. The van der Waals surface area contributed by atoms with Crippen molar-refractivity contribution in [2.75, 3.05) is 6.54 Å². The topological polar surface area (TPSA) is 38.3 Å². The molecule has 1 heterocycles. The molecule has 0 radical (unpaired) electrons. The molecule has 116 valence electrons. The fourth-order valence-electron chi connectivity index (χ4n) is 2.78. The van der Waals surface area contributed by atoms with Crippen LogP contribution in [0.2, 0.25) is 0 Å². The fraction of sp³-hybridized carbons (Fsp3) is 0.611. The molecule has 3 heteroatoms. The lowest BCUT2D eigenvalue weighted by Crippen LogP contribution is -2.24. The number of unbranched alkanes of at least 4 members (excludes halogenated alkanes) is 3. The molecule has 2 rings (SSSR count). The highest BCUT2D eigenvalue weighted by atomic mass is 16.5. The Bertz CT molecular complexity index is 470. The highest BCUT2D eigenvalue weighted by Gasteiger charge is 2.15. The average Bonchev–Trinajstić information content (AvgIpc) is 2.51. The summed E-state index contributed by atoms with van der Waals surface area (Å²) < 4.78 is 5.55. The summed E-state index contributed by atoms with van der Waals surface area (Å²) in [4.78, 5) is 12.2. The van der Waals surface area contributed by atoms with Crippen LogP contribution in [0.1, 0.15) is 67.4 Å². The molecule has 1 unspecified atom stereocenters. The number of hydrogen-bond donors (Lipinski definition) is 1. The summed E-state index contributed by atoms with van der Waals surface area (Å²) in [5.74, 6) is -0.189. The summed E-state index contributed by atoms with van der Waals surface area (Å²) in [5, 5.41) is 3.34. The molecule has 0 amide bonds. The van der Waals surface area contributed by atoms with E-state index in [1.165, 1.54) is 30.4 Å².